The van der Waals surface area contributed by atoms with Crippen molar-refractivity contribution >= 4 is 17.3 Å². The highest BCUT2D eigenvalue weighted by Gasteiger charge is 2.47. The molecule has 2 aromatic carbocycles. The van der Waals surface area contributed by atoms with E-state index in [9.17, 15) is 4.79 Å². The summed E-state index contributed by atoms with van der Waals surface area (Å²) in [6.07, 6.45) is 0. The highest BCUT2D eigenvalue weighted by molar-refractivity contribution is 6.06. The molecule has 0 aliphatic carbocycles. The monoisotopic (exact) mass is 526 g/mol. The van der Waals surface area contributed by atoms with Crippen molar-refractivity contribution in [1.29, 1.82) is 5.41 Å². The lowest BCUT2D eigenvalue weighted by atomic mass is 9.83. The minimum absolute atomic E-state index is 0.0471. The molecule has 7 heteroatoms. The van der Waals surface area contributed by atoms with Gasteiger partial charge in [-0.2, -0.15) is 0 Å². The Morgan fingerprint density at radius 2 is 1.79 bits per heavy atom. The summed E-state index contributed by atoms with van der Waals surface area (Å²) in [4.78, 5) is 23.0. The molecule has 3 aromatic rings. The maximum absolute atomic E-state index is 14.2. The predicted molar refractivity (Wildman–Crippen MR) is 154 cm³/mol. The molecule has 3 heterocycles. The molecule has 39 heavy (non-hydrogen) atoms. The van der Waals surface area contributed by atoms with E-state index in [0.29, 0.717) is 24.5 Å². The molecule has 1 N–H and O–H groups in total. The van der Waals surface area contributed by atoms with Gasteiger partial charge in [0.25, 0.3) is 0 Å². The van der Waals surface area contributed by atoms with Gasteiger partial charge in [-0.3, -0.25) is 10.2 Å². The second-order valence-corrected chi connectivity index (χ2v) is 11.6. The Labute approximate surface area is 231 Å². The van der Waals surface area contributed by atoms with E-state index in [1.165, 1.54) is 0 Å². The number of morpholine rings is 1. The van der Waals surface area contributed by atoms with Gasteiger partial charge >= 0.3 is 0 Å². The van der Waals surface area contributed by atoms with Gasteiger partial charge in [0.1, 0.15) is 17.3 Å². The van der Waals surface area contributed by atoms with Gasteiger partial charge in [-0.1, -0.05) is 57.2 Å². The van der Waals surface area contributed by atoms with Gasteiger partial charge in [-0.25, -0.2) is 4.98 Å². The van der Waals surface area contributed by atoms with Gasteiger partial charge in [0.15, 0.2) is 5.78 Å². The van der Waals surface area contributed by atoms with Crippen LogP contribution in [-0.2, 0) is 15.7 Å². The quantitative estimate of drug-likeness (QED) is 0.438. The van der Waals surface area contributed by atoms with Crippen LogP contribution in [-0.4, -0.2) is 61.5 Å². The van der Waals surface area contributed by atoms with E-state index in [-0.39, 0.29) is 23.6 Å². The normalized spacial score (nSPS) is 19.3. The molecule has 0 saturated carbocycles. The Bertz CT molecular complexity index is 1410. The van der Waals surface area contributed by atoms with Gasteiger partial charge < -0.3 is 19.3 Å². The summed E-state index contributed by atoms with van der Waals surface area (Å²) in [5, 5.41) is 9.12. The van der Waals surface area contributed by atoms with E-state index in [1.807, 2.05) is 54.3 Å². The van der Waals surface area contributed by atoms with Crippen molar-refractivity contribution in [2.75, 3.05) is 44.9 Å². The van der Waals surface area contributed by atoms with Crippen LogP contribution >= 0.6 is 0 Å². The highest BCUT2D eigenvalue weighted by Crippen LogP contribution is 2.44. The molecule has 1 saturated heterocycles. The van der Waals surface area contributed by atoms with Gasteiger partial charge in [-0.15, -0.1) is 0 Å². The zero-order valence-corrected chi connectivity index (χ0v) is 23.8. The highest BCUT2D eigenvalue weighted by atomic mass is 16.5. The number of aryl methyl sites for hydroxylation is 1. The Morgan fingerprint density at radius 3 is 2.44 bits per heavy atom. The largest absolute Gasteiger partial charge is 0.494 e. The number of carbonyl (C=O) groups excluding carboxylic acids is 1. The van der Waals surface area contributed by atoms with Crippen LogP contribution in [0, 0.1) is 12.3 Å². The van der Waals surface area contributed by atoms with Crippen LogP contribution in [0.4, 0.5) is 5.69 Å². The predicted octanol–water partition coefficient (Wildman–Crippen LogP) is 5.32. The number of Topliss-reactive ketones (excluding diaryl/α,β-unsaturated/α-hetero) is 1. The van der Waals surface area contributed by atoms with E-state index in [0.717, 1.165) is 46.9 Å². The number of benzene rings is 2. The molecule has 0 amide bonds. The van der Waals surface area contributed by atoms with Crippen LogP contribution in [0.5, 0.6) is 5.75 Å². The number of rotatable bonds is 6. The first-order chi connectivity index (χ1) is 18.6. The summed E-state index contributed by atoms with van der Waals surface area (Å²) < 4.78 is 11.5. The Morgan fingerprint density at radius 1 is 1.10 bits per heavy atom. The number of aromatic nitrogens is 1. The summed E-state index contributed by atoms with van der Waals surface area (Å²) in [7, 11) is 1.69. The SMILES string of the molecule is COc1c(N2CCOCC2)cc(C(=O)CN2C(=N)c3nc(C)ccc3C2(C)c2ccccc2)cc1C(C)(C)C. The van der Waals surface area contributed by atoms with E-state index in [4.69, 9.17) is 19.9 Å². The number of carbonyl (C=O) groups is 1. The molecule has 1 unspecified atom stereocenters. The lowest BCUT2D eigenvalue weighted by Crippen LogP contribution is -2.45. The van der Waals surface area contributed by atoms with Crippen LogP contribution in [0.1, 0.15) is 66.1 Å². The second-order valence-electron chi connectivity index (χ2n) is 11.6. The molecular weight excluding hydrogens is 488 g/mol. The summed E-state index contributed by atoms with van der Waals surface area (Å²) in [5.41, 5.74) is 5.03. The van der Waals surface area contributed by atoms with Crippen molar-refractivity contribution in [2.24, 2.45) is 0 Å². The molecule has 0 spiro atoms. The van der Waals surface area contributed by atoms with Crippen LogP contribution in [0.2, 0.25) is 0 Å². The maximum Gasteiger partial charge on any atom is 0.182 e. The zero-order chi connectivity index (χ0) is 27.9. The fraction of sp³-hybridized carbons (Fsp3) is 0.406. The van der Waals surface area contributed by atoms with Gasteiger partial charge in [0.05, 0.1) is 38.1 Å². The van der Waals surface area contributed by atoms with Crippen molar-refractivity contribution in [1.82, 2.24) is 9.88 Å². The third kappa shape index (κ3) is 4.69. The van der Waals surface area contributed by atoms with Gasteiger partial charge in [0.2, 0.25) is 0 Å². The third-order valence-electron chi connectivity index (χ3n) is 7.99. The number of hydrogen-bond acceptors (Lipinski definition) is 6. The van der Waals surface area contributed by atoms with Crippen molar-refractivity contribution in [3.05, 3.63) is 88.2 Å². The molecule has 7 nitrogen and oxygen atoms in total. The molecule has 0 radical (unpaired) electrons. The lowest BCUT2D eigenvalue weighted by molar-refractivity contribution is 0.0930. The number of anilines is 1. The Balaban J connectivity index is 1.59. The molecule has 1 fully saturated rings. The van der Waals surface area contributed by atoms with Crippen LogP contribution < -0.4 is 9.64 Å². The molecule has 204 valence electrons. The molecule has 1 atom stereocenters. The fourth-order valence-electron chi connectivity index (χ4n) is 5.76. The van der Waals surface area contributed by atoms with E-state index in [1.54, 1.807) is 7.11 Å². The summed E-state index contributed by atoms with van der Waals surface area (Å²) in [6, 6.07) is 18.0. The number of hydrogen-bond donors (Lipinski definition) is 1. The van der Waals surface area contributed by atoms with Crippen LogP contribution in [0.15, 0.2) is 54.6 Å². The Kier molecular flexibility index (Phi) is 6.97. The number of amidine groups is 1. The number of ketones is 1. The first-order valence-corrected chi connectivity index (χ1v) is 13.5. The molecule has 5 rings (SSSR count). The number of methoxy groups -OCH3 is 1. The first kappa shape index (κ1) is 26.9. The average molecular weight is 527 g/mol. The second kappa shape index (κ2) is 10.1. The van der Waals surface area contributed by atoms with E-state index < -0.39 is 5.54 Å². The topological polar surface area (TPSA) is 78.8 Å². The smallest absolute Gasteiger partial charge is 0.182 e. The minimum atomic E-state index is -0.698. The first-order valence-electron chi connectivity index (χ1n) is 13.5. The fourth-order valence-corrected chi connectivity index (χ4v) is 5.76. The van der Waals surface area contributed by atoms with Crippen LogP contribution in [0.3, 0.4) is 0 Å². The van der Waals surface area contributed by atoms with E-state index >= 15 is 0 Å². The summed E-state index contributed by atoms with van der Waals surface area (Å²) in [5.74, 6) is 1.02. The Hall–Kier alpha value is -3.71. The third-order valence-corrected chi connectivity index (χ3v) is 7.99. The summed E-state index contributed by atoms with van der Waals surface area (Å²) >= 11 is 0. The van der Waals surface area contributed by atoms with Crippen molar-refractivity contribution in [3.8, 4) is 5.75 Å². The van der Waals surface area contributed by atoms with E-state index in [2.05, 4.69) is 44.7 Å². The standard InChI is InChI=1S/C32H38N4O3/c1-21-12-13-24-28(34-21)30(33)36(32(24,5)23-10-8-7-9-11-23)20-27(37)22-18-25(31(2,3)4)29(38-6)26(19-22)35-14-16-39-17-15-35/h7-13,18-19,33H,14-17,20H2,1-6H3. The molecule has 2 aliphatic rings. The van der Waals surface area contributed by atoms with Crippen molar-refractivity contribution in [3.63, 3.8) is 0 Å². The van der Waals surface area contributed by atoms with Crippen molar-refractivity contribution in [2.45, 2.75) is 45.6 Å². The molecule has 1 aromatic heterocycles. The number of fused-ring (bicyclic) bond motifs is 1. The summed E-state index contributed by atoms with van der Waals surface area (Å²) in [6.45, 7) is 13.2. The van der Waals surface area contributed by atoms with Crippen molar-refractivity contribution < 1.29 is 14.3 Å². The lowest BCUT2D eigenvalue weighted by Gasteiger charge is -2.37. The number of nitrogens with one attached hydrogen (secondary N) is 1. The minimum Gasteiger partial charge on any atom is -0.494 e. The maximum atomic E-state index is 14.2. The molecule has 0 bridgehead atoms. The van der Waals surface area contributed by atoms with Crippen LogP contribution in [0.25, 0.3) is 0 Å². The number of nitrogens with zero attached hydrogens (tertiary/aromatic N) is 3. The molecule has 2 aliphatic heterocycles. The van der Waals surface area contributed by atoms with Gasteiger partial charge in [-0.05, 0) is 43.0 Å². The number of pyridine rings is 1. The average Bonchev–Trinajstić information content (AvgIpc) is 3.14. The zero-order valence-electron chi connectivity index (χ0n) is 23.8. The van der Waals surface area contributed by atoms with Gasteiger partial charge in [0, 0.05) is 35.5 Å². The molecular formula is C32H38N4O3. The number of ether oxygens (including phenoxy) is 2.